The Morgan fingerprint density at radius 1 is 1.17 bits per heavy atom. The average molecular weight is 322 g/mol. The lowest BCUT2D eigenvalue weighted by molar-refractivity contribution is 0.183. The van der Waals surface area contributed by atoms with Gasteiger partial charge in [0.1, 0.15) is 11.6 Å². The van der Waals surface area contributed by atoms with Crippen LogP contribution in [0.1, 0.15) is 41.7 Å². The maximum Gasteiger partial charge on any atom is 0.155 e. The fraction of sp³-hybridized carbons (Fsp3) is 0.368. The lowest BCUT2D eigenvalue weighted by atomic mass is 9.97. The van der Waals surface area contributed by atoms with Crippen LogP contribution in [0.25, 0.3) is 0 Å². The molecule has 4 rings (SSSR count). The Morgan fingerprint density at radius 2 is 2.08 bits per heavy atom. The number of nitrogens with zero attached hydrogens (tertiary/aromatic N) is 3. The summed E-state index contributed by atoms with van der Waals surface area (Å²) in [5.41, 5.74) is 1.25. The third kappa shape index (κ3) is 3.57. The first kappa shape index (κ1) is 15.1. The molecule has 0 amide bonds. The molecule has 1 aliphatic heterocycles. The van der Waals surface area contributed by atoms with Crippen molar-refractivity contribution in [3.63, 3.8) is 0 Å². The molecule has 0 spiro atoms. The van der Waals surface area contributed by atoms with Crippen molar-refractivity contribution in [2.24, 2.45) is 0 Å². The zero-order chi connectivity index (χ0) is 16.2. The predicted molar refractivity (Wildman–Crippen MR) is 91.6 cm³/mol. The van der Waals surface area contributed by atoms with Gasteiger partial charge in [-0.05, 0) is 37.1 Å². The van der Waals surface area contributed by atoms with Crippen LogP contribution in [0.3, 0.4) is 0 Å². The molecule has 1 saturated heterocycles. The third-order valence-corrected chi connectivity index (χ3v) is 4.59. The minimum absolute atomic E-state index is 0.398. The van der Waals surface area contributed by atoms with Gasteiger partial charge in [0.2, 0.25) is 0 Å². The second kappa shape index (κ2) is 7.01. The van der Waals surface area contributed by atoms with Crippen molar-refractivity contribution in [3.05, 3.63) is 71.7 Å². The maximum absolute atomic E-state index is 5.47. The highest BCUT2D eigenvalue weighted by atomic mass is 16.3. The monoisotopic (exact) mass is 322 g/mol. The number of benzene rings is 1. The number of hydrogen-bond donors (Lipinski definition) is 1. The van der Waals surface area contributed by atoms with Crippen LogP contribution >= 0.6 is 0 Å². The van der Waals surface area contributed by atoms with Gasteiger partial charge in [0.05, 0.1) is 12.8 Å². The van der Waals surface area contributed by atoms with Gasteiger partial charge in [-0.15, -0.1) is 0 Å². The molecule has 0 saturated carbocycles. The highest BCUT2D eigenvalue weighted by Gasteiger charge is 2.25. The molecule has 5 nitrogen and oxygen atoms in total. The van der Waals surface area contributed by atoms with Crippen molar-refractivity contribution in [3.8, 4) is 0 Å². The molecule has 24 heavy (non-hydrogen) atoms. The van der Waals surface area contributed by atoms with Gasteiger partial charge in [0.15, 0.2) is 5.82 Å². The first-order valence-corrected chi connectivity index (χ1v) is 8.56. The Hall–Kier alpha value is -2.40. The van der Waals surface area contributed by atoms with Gasteiger partial charge in [-0.1, -0.05) is 30.3 Å². The molecule has 2 aromatic heterocycles. The van der Waals surface area contributed by atoms with Crippen LogP contribution in [-0.4, -0.2) is 33.2 Å². The van der Waals surface area contributed by atoms with Crippen LogP contribution in [0.2, 0.25) is 0 Å². The molecule has 1 aliphatic rings. The molecular formula is C19H22N4O. The highest BCUT2D eigenvalue weighted by molar-refractivity contribution is 5.19. The quantitative estimate of drug-likeness (QED) is 0.782. The summed E-state index contributed by atoms with van der Waals surface area (Å²) in [6, 6.07) is 14.4. The van der Waals surface area contributed by atoms with E-state index in [-0.39, 0.29) is 0 Å². The minimum Gasteiger partial charge on any atom is -0.468 e. The summed E-state index contributed by atoms with van der Waals surface area (Å²) in [6.45, 7) is 2.96. The maximum atomic E-state index is 5.47. The molecule has 124 valence electrons. The molecule has 0 bridgehead atoms. The van der Waals surface area contributed by atoms with Crippen LogP contribution in [0.5, 0.6) is 0 Å². The number of aromatic nitrogens is 3. The van der Waals surface area contributed by atoms with Crippen LogP contribution in [0.4, 0.5) is 0 Å². The van der Waals surface area contributed by atoms with E-state index in [1.54, 1.807) is 6.26 Å². The standard InChI is InChI=1S/C19H22N4O/c1-2-6-15(7-3-1)12-18-20-19(22-21-18)16-8-4-10-23(13-16)14-17-9-5-11-24-17/h1-3,5-7,9,11,16H,4,8,10,12-14H2,(H,20,21,22)/t16-/m1/s1. The van der Waals surface area contributed by atoms with Gasteiger partial charge < -0.3 is 4.42 Å². The van der Waals surface area contributed by atoms with Crippen molar-refractivity contribution >= 4 is 0 Å². The zero-order valence-corrected chi connectivity index (χ0v) is 13.7. The molecule has 0 aliphatic carbocycles. The fourth-order valence-electron chi connectivity index (χ4n) is 3.39. The van der Waals surface area contributed by atoms with E-state index in [4.69, 9.17) is 9.40 Å². The van der Waals surface area contributed by atoms with Crippen LogP contribution in [-0.2, 0) is 13.0 Å². The number of nitrogens with one attached hydrogen (secondary N) is 1. The second-order valence-electron chi connectivity index (χ2n) is 6.46. The summed E-state index contributed by atoms with van der Waals surface area (Å²) in [5, 5.41) is 7.60. The Kier molecular flexibility index (Phi) is 4.42. The first-order valence-electron chi connectivity index (χ1n) is 8.56. The van der Waals surface area contributed by atoms with E-state index in [9.17, 15) is 0 Å². The van der Waals surface area contributed by atoms with E-state index in [2.05, 4.69) is 39.4 Å². The van der Waals surface area contributed by atoms with E-state index in [0.717, 1.165) is 49.9 Å². The molecule has 3 heterocycles. The summed E-state index contributed by atoms with van der Waals surface area (Å²) >= 11 is 0. The zero-order valence-electron chi connectivity index (χ0n) is 13.7. The predicted octanol–water partition coefficient (Wildman–Crippen LogP) is 3.37. The molecular weight excluding hydrogens is 300 g/mol. The summed E-state index contributed by atoms with van der Waals surface area (Å²) in [7, 11) is 0. The molecule has 1 N–H and O–H groups in total. The topological polar surface area (TPSA) is 58.0 Å². The first-order chi connectivity index (χ1) is 11.9. The van der Waals surface area contributed by atoms with Gasteiger partial charge in [-0.3, -0.25) is 10.00 Å². The van der Waals surface area contributed by atoms with Gasteiger partial charge in [0.25, 0.3) is 0 Å². The molecule has 0 unspecified atom stereocenters. The molecule has 0 radical (unpaired) electrons. The lowest BCUT2D eigenvalue weighted by Gasteiger charge is -2.30. The molecule has 1 fully saturated rings. The molecule has 3 aromatic rings. The van der Waals surface area contributed by atoms with Crippen LogP contribution in [0, 0.1) is 0 Å². The fourth-order valence-corrected chi connectivity index (χ4v) is 3.39. The SMILES string of the molecule is c1ccc(Cc2nc([C@@H]3CCCN(Cc4ccco4)C3)n[nH]2)cc1. The van der Waals surface area contributed by atoms with Gasteiger partial charge in [0, 0.05) is 18.9 Å². The average Bonchev–Trinajstić information content (AvgIpc) is 3.28. The van der Waals surface area contributed by atoms with Crippen LogP contribution in [0.15, 0.2) is 53.1 Å². The number of aromatic amines is 1. The van der Waals surface area contributed by atoms with E-state index in [0.29, 0.717) is 5.92 Å². The molecule has 5 heteroatoms. The number of rotatable bonds is 5. The van der Waals surface area contributed by atoms with Gasteiger partial charge in [-0.2, -0.15) is 5.10 Å². The van der Waals surface area contributed by atoms with E-state index >= 15 is 0 Å². The Balaban J connectivity index is 1.40. The summed E-state index contributed by atoms with van der Waals surface area (Å²) in [4.78, 5) is 7.17. The number of furan rings is 1. The van der Waals surface area contributed by atoms with E-state index in [1.807, 2.05) is 18.2 Å². The molecule has 1 aromatic carbocycles. The second-order valence-corrected chi connectivity index (χ2v) is 6.46. The summed E-state index contributed by atoms with van der Waals surface area (Å²) < 4.78 is 5.47. The number of hydrogen-bond acceptors (Lipinski definition) is 4. The van der Waals surface area contributed by atoms with Crippen LogP contribution < -0.4 is 0 Å². The lowest BCUT2D eigenvalue weighted by Crippen LogP contribution is -2.34. The van der Waals surface area contributed by atoms with Gasteiger partial charge >= 0.3 is 0 Å². The van der Waals surface area contributed by atoms with E-state index in [1.165, 1.54) is 12.0 Å². The number of H-pyrrole nitrogens is 1. The summed E-state index contributed by atoms with van der Waals surface area (Å²) in [6.07, 6.45) is 4.86. The Morgan fingerprint density at radius 3 is 2.92 bits per heavy atom. The number of likely N-dealkylation sites (tertiary alicyclic amines) is 1. The minimum atomic E-state index is 0.398. The largest absolute Gasteiger partial charge is 0.468 e. The normalized spacial score (nSPS) is 18.8. The third-order valence-electron chi connectivity index (χ3n) is 4.59. The van der Waals surface area contributed by atoms with Crippen molar-refractivity contribution in [2.45, 2.75) is 31.7 Å². The summed E-state index contributed by atoms with van der Waals surface area (Å²) in [5.74, 6) is 3.31. The van der Waals surface area contributed by atoms with Crippen molar-refractivity contribution < 1.29 is 4.42 Å². The number of piperidine rings is 1. The van der Waals surface area contributed by atoms with Crippen molar-refractivity contribution in [2.75, 3.05) is 13.1 Å². The van der Waals surface area contributed by atoms with E-state index < -0.39 is 0 Å². The smallest absolute Gasteiger partial charge is 0.155 e. The highest BCUT2D eigenvalue weighted by Crippen LogP contribution is 2.25. The van der Waals surface area contributed by atoms with Gasteiger partial charge in [-0.25, -0.2) is 4.98 Å². The Bertz CT molecular complexity index is 751. The van der Waals surface area contributed by atoms with Crippen molar-refractivity contribution in [1.29, 1.82) is 0 Å². The Labute approximate surface area is 141 Å². The van der Waals surface area contributed by atoms with Crippen molar-refractivity contribution in [1.82, 2.24) is 20.1 Å². The molecule has 1 atom stereocenters.